The zero-order valence-corrected chi connectivity index (χ0v) is 39.6. The maximum atomic E-state index is 13.7. The van der Waals surface area contributed by atoms with Gasteiger partial charge in [0.05, 0.1) is 17.1 Å². The van der Waals surface area contributed by atoms with E-state index in [1.165, 1.54) is 4.90 Å². The Hall–Kier alpha value is -5.89. The Morgan fingerprint density at radius 1 is 0.938 bits per heavy atom. The van der Waals surface area contributed by atoms with E-state index >= 15 is 0 Å². The Bertz CT molecular complexity index is 2560. The Labute approximate surface area is 381 Å². The minimum absolute atomic E-state index is 0.0616. The van der Waals surface area contributed by atoms with Crippen LogP contribution in [0.3, 0.4) is 0 Å². The fourth-order valence-electron chi connectivity index (χ4n) is 9.06. The van der Waals surface area contributed by atoms with E-state index in [4.69, 9.17) is 9.47 Å². The second-order valence-corrected chi connectivity index (χ2v) is 25.5. The first-order valence-corrected chi connectivity index (χ1v) is 26.5. The number of nitrogens with zero attached hydrogens (tertiary/aromatic N) is 7. The molecule has 3 aromatic heterocycles. The standard InChI is InChI=1S/C49H60N8O7Si/c1-49(2,3)64-48(62)57-40-27-42(50-29-35(40)26-41(57)38-12-9-21-53(38)4)52-45(59)34-15-17-43(51-28-34)54-22-19-32(20-23-54)13-14-33-10-8-11-36-37(33)30-55(46(36)60)39-16-18-44(58)56(47(39)61)31-63-24-25-65(5,6)7/h8,10-11,15,17,26-29,32,38-39H,9,12,16,18-25,30-31H2,1-7H3,(H,50,52,59)/t38-,39?/m1/s1. The summed E-state index contributed by atoms with van der Waals surface area (Å²) in [6.45, 7) is 15.3. The number of nitrogens with one attached hydrogen (secondary N) is 1. The van der Waals surface area contributed by atoms with Gasteiger partial charge in [0.2, 0.25) is 5.91 Å². The number of likely N-dealkylation sites (tertiary alicyclic amines) is 2. The molecule has 65 heavy (non-hydrogen) atoms. The number of benzene rings is 1. The lowest BCUT2D eigenvalue weighted by atomic mass is 9.96. The predicted octanol–water partition coefficient (Wildman–Crippen LogP) is 7.29. The summed E-state index contributed by atoms with van der Waals surface area (Å²) in [5.41, 5.74) is 3.28. The van der Waals surface area contributed by atoms with Crippen molar-refractivity contribution in [1.82, 2.24) is 29.2 Å². The number of rotatable bonds is 10. The predicted molar refractivity (Wildman–Crippen MR) is 250 cm³/mol. The van der Waals surface area contributed by atoms with Crippen LogP contribution in [0.5, 0.6) is 0 Å². The van der Waals surface area contributed by atoms with Crippen LogP contribution in [0.4, 0.5) is 16.4 Å². The first-order valence-electron chi connectivity index (χ1n) is 22.8. The topological polar surface area (TPSA) is 160 Å². The number of hydrogen-bond donors (Lipinski definition) is 1. The monoisotopic (exact) mass is 900 g/mol. The van der Waals surface area contributed by atoms with Crippen molar-refractivity contribution < 1.29 is 33.4 Å². The molecule has 4 aromatic rings. The van der Waals surface area contributed by atoms with Gasteiger partial charge < -0.3 is 24.6 Å². The van der Waals surface area contributed by atoms with Crippen LogP contribution in [0.15, 0.2) is 54.9 Å². The number of fused-ring (bicyclic) bond motifs is 2. The van der Waals surface area contributed by atoms with Crippen molar-refractivity contribution in [2.24, 2.45) is 5.92 Å². The zero-order chi connectivity index (χ0) is 46.2. The number of pyridine rings is 2. The highest BCUT2D eigenvalue weighted by molar-refractivity contribution is 6.76. The highest BCUT2D eigenvalue weighted by Gasteiger charge is 2.43. The van der Waals surface area contributed by atoms with Crippen LogP contribution >= 0.6 is 0 Å². The van der Waals surface area contributed by atoms with E-state index in [1.54, 1.807) is 40.1 Å². The number of amides is 4. The molecule has 16 heteroatoms. The normalized spacial score (nSPS) is 19.7. The average Bonchev–Trinajstić information content (AvgIpc) is 3.96. The minimum Gasteiger partial charge on any atom is -0.443 e. The van der Waals surface area contributed by atoms with Gasteiger partial charge in [0.25, 0.3) is 17.7 Å². The molecule has 1 N–H and O–H groups in total. The molecule has 1 unspecified atom stereocenters. The van der Waals surface area contributed by atoms with Gasteiger partial charge in [0.1, 0.15) is 30.0 Å². The summed E-state index contributed by atoms with van der Waals surface area (Å²) in [7, 11) is 0.725. The third-order valence-electron chi connectivity index (χ3n) is 12.7. The van der Waals surface area contributed by atoms with Crippen molar-refractivity contribution in [2.45, 2.75) is 109 Å². The lowest BCUT2D eigenvalue weighted by Crippen LogP contribution is -2.55. The summed E-state index contributed by atoms with van der Waals surface area (Å²) in [4.78, 5) is 83.3. The first kappa shape index (κ1) is 45.7. The lowest BCUT2D eigenvalue weighted by molar-refractivity contribution is -0.158. The zero-order valence-electron chi connectivity index (χ0n) is 38.6. The largest absolute Gasteiger partial charge is 0.443 e. The van der Waals surface area contributed by atoms with E-state index in [0.29, 0.717) is 29.1 Å². The van der Waals surface area contributed by atoms with Crippen molar-refractivity contribution in [3.05, 3.63) is 82.8 Å². The van der Waals surface area contributed by atoms with Gasteiger partial charge in [-0.1, -0.05) is 37.5 Å². The molecule has 3 saturated heterocycles. The third kappa shape index (κ3) is 10.2. The quantitative estimate of drug-likeness (QED) is 0.0738. The maximum Gasteiger partial charge on any atom is 0.419 e. The second-order valence-electron chi connectivity index (χ2n) is 19.9. The number of carbonyl (C=O) groups excluding carboxylic acids is 5. The molecule has 0 radical (unpaired) electrons. The molecule has 3 fully saturated rings. The highest BCUT2D eigenvalue weighted by Crippen LogP contribution is 2.36. The molecule has 8 rings (SSSR count). The number of aromatic nitrogens is 3. The highest BCUT2D eigenvalue weighted by atomic mass is 28.3. The maximum absolute atomic E-state index is 13.7. The van der Waals surface area contributed by atoms with Crippen LogP contribution in [0.25, 0.3) is 10.9 Å². The SMILES string of the molecule is CN1CCC[C@@H]1c1cc2cnc(NC(=O)c3ccc(N4CCC(C#Cc5cccc6c5CN(C5CCC(=O)N(COCC[Si](C)(C)C)C5=O)C6=O)CC4)nc3)cc2n1C(=O)OC(C)(C)C. The third-order valence-corrected chi connectivity index (χ3v) is 14.4. The van der Waals surface area contributed by atoms with Crippen LogP contribution in [-0.2, 0) is 25.6 Å². The van der Waals surface area contributed by atoms with Crippen LogP contribution in [0.2, 0.25) is 25.7 Å². The van der Waals surface area contributed by atoms with Crippen LogP contribution in [0.1, 0.15) is 103 Å². The van der Waals surface area contributed by atoms with Gasteiger partial charge in [-0.25, -0.2) is 19.3 Å². The smallest absolute Gasteiger partial charge is 0.419 e. The van der Waals surface area contributed by atoms with Crippen LogP contribution < -0.4 is 10.2 Å². The number of piperidine rings is 2. The van der Waals surface area contributed by atoms with E-state index in [2.05, 4.69) is 63.6 Å². The molecule has 1 aromatic carbocycles. The number of imide groups is 1. The molecule has 4 amide bonds. The fraction of sp³-hybridized carbons (Fsp3) is 0.490. The molecule has 4 aliphatic heterocycles. The minimum atomic E-state index is -1.33. The summed E-state index contributed by atoms with van der Waals surface area (Å²) < 4.78 is 13.2. The first-order chi connectivity index (χ1) is 30.9. The Morgan fingerprint density at radius 2 is 1.72 bits per heavy atom. The molecular formula is C49H60N8O7Si. The van der Waals surface area contributed by atoms with Gasteiger partial charge in [-0.3, -0.25) is 29.0 Å². The Kier molecular flexibility index (Phi) is 13.0. The molecule has 0 aliphatic carbocycles. The van der Waals surface area contributed by atoms with Crippen LogP contribution in [0, 0.1) is 17.8 Å². The van der Waals surface area contributed by atoms with E-state index < -0.39 is 25.8 Å². The molecule has 0 bridgehead atoms. The number of carbonyl (C=O) groups is 5. The molecule has 7 heterocycles. The van der Waals surface area contributed by atoms with Crippen molar-refractivity contribution in [2.75, 3.05) is 50.2 Å². The van der Waals surface area contributed by atoms with Gasteiger partial charge in [-0.05, 0) is 108 Å². The van der Waals surface area contributed by atoms with Crippen molar-refractivity contribution >= 4 is 60.3 Å². The second kappa shape index (κ2) is 18.5. The van der Waals surface area contributed by atoms with Gasteiger partial charge >= 0.3 is 6.09 Å². The van der Waals surface area contributed by atoms with E-state index in [9.17, 15) is 24.0 Å². The number of ether oxygens (including phenoxy) is 2. The lowest BCUT2D eigenvalue weighted by Gasteiger charge is -2.35. The summed E-state index contributed by atoms with van der Waals surface area (Å²) in [5.74, 6) is 6.80. The Morgan fingerprint density at radius 3 is 2.42 bits per heavy atom. The number of anilines is 2. The summed E-state index contributed by atoms with van der Waals surface area (Å²) >= 11 is 0. The van der Waals surface area contributed by atoms with Crippen molar-refractivity contribution in [3.8, 4) is 11.8 Å². The van der Waals surface area contributed by atoms with E-state index in [-0.39, 0.29) is 61.7 Å². The Balaban J connectivity index is 0.872. The van der Waals surface area contributed by atoms with E-state index in [0.717, 1.165) is 79.4 Å². The molecule has 4 aliphatic rings. The summed E-state index contributed by atoms with van der Waals surface area (Å²) in [6.07, 6.45) is 6.82. The molecule has 15 nitrogen and oxygen atoms in total. The molecule has 0 saturated carbocycles. The number of hydrogen-bond acceptors (Lipinski definition) is 11. The molecule has 2 atom stereocenters. The molecular weight excluding hydrogens is 841 g/mol. The van der Waals surface area contributed by atoms with Gasteiger partial charge in [-0.2, -0.15) is 0 Å². The van der Waals surface area contributed by atoms with E-state index in [1.807, 2.05) is 45.0 Å². The van der Waals surface area contributed by atoms with Crippen LogP contribution in [-0.4, -0.2) is 119 Å². The van der Waals surface area contributed by atoms with Gasteiger partial charge in [0, 0.05) is 87.3 Å². The fourth-order valence-corrected chi connectivity index (χ4v) is 9.82. The van der Waals surface area contributed by atoms with Gasteiger partial charge in [-0.15, -0.1) is 0 Å². The summed E-state index contributed by atoms with van der Waals surface area (Å²) in [6, 6.07) is 13.1. The van der Waals surface area contributed by atoms with Crippen molar-refractivity contribution in [1.29, 1.82) is 0 Å². The van der Waals surface area contributed by atoms with Crippen molar-refractivity contribution in [3.63, 3.8) is 0 Å². The van der Waals surface area contributed by atoms with Gasteiger partial charge in [0.15, 0.2) is 0 Å². The molecule has 342 valence electrons. The average molecular weight is 901 g/mol. The molecule has 0 spiro atoms. The summed E-state index contributed by atoms with van der Waals surface area (Å²) in [5, 5.41) is 3.67.